The van der Waals surface area contributed by atoms with E-state index >= 15 is 0 Å². The molecule has 0 amide bonds. The molecule has 0 aliphatic rings. The maximum absolute atomic E-state index is 12.4. The first-order chi connectivity index (χ1) is 18.4. The predicted octanol–water partition coefficient (Wildman–Crippen LogP) is 8.52. The van der Waals surface area contributed by atoms with E-state index < -0.39 is 0 Å². The Hall–Kier alpha value is -2.33. The molecule has 0 aromatic heterocycles. The molecule has 0 spiro atoms. The fourth-order valence-electron chi connectivity index (χ4n) is 4.93. The van der Waals surface area contributed by atoms with Gasteiger partial charge in [0.05, 0.1) is 27.1 Å². The number of esters is 1. The molecule has 0 N–H and O–H groups in total. The van der Waals surface area contributed by atoms with Crippen molar-refractivity contribution < 1.29 is 18.8 Å². The van der Waals surface area contributed by atoms with Crippen LogP contribution in [0.1, 0.15) is 102 Å². The molecule has 0 saturated carbocycles. The SMILES string of the molecule is CCCCCCCCCCCc1ccccc1OC(CC)COC(=O)CCC[N+](C)(C)Cc1ccccc1. The number of ether oxygens (including phenoxy) is 2. The summed E-state index contributed by atoms with van der Waals surface area (Å²) in [6.45, 7) is 6.56. The average Bonchev–Trinajstić information content (AvgIpc) is 2.91. The molecule has 2 aromatic carbocycles. The van der Waals surface area contributed by atoms with Gasteiger partial charge in [-0.2, -0.15) is 0 Å². The fraction of sp³-hybridized carbons (Fsp3) is 0.618. The van der Waals surface area contributed by atoms with Gasteiger partial charge in [-0.05, 0) is 30.9 Å². The quantitative estimate of drug-likeness (QED) is 0.0932. The molecule has 2 aromatic rings. The van der Waals surface area contributed by atoms with Crippen molar-refractivity contribution in [1.29, 1.82) is 0 Å². The number of hydrogen-bond acceptors (Lipinski definition) is 3. The summed E-state index contributed by atoms with van der Waals surface area (Å²) in [4.78, 5) is 12.4. The molecule has 0 radical (unpaired) electrons. The van der Waals surface area contributed by atoms with Crippen LogP contribution in [-0.4, -0.2) is 43.8 Å². The number of nitrogens with zero attached hydrogens (tertiary/aromatic N) is 1. The highest BCUT2D eigenvalue weighted by atomic mass is 16.6. The molecular formula is C34H54NO3+. The van der Waals surface area contributed by atoms with Crippen LogP contribution in [0.3, 0.4) is 0 Å². The van der Waals surface area contributed by atoms with Gasteiger partial charge in [-0.15, -0.1) is 0 Å². The zero-order chi connectivity index (χ0) is 27.5. The number of benzene rings is 2. The van der Waals surface area contributed by atoms with Crippen molar-refractivity contribution in [3.63, 3.8) is 0 Å². The number of carbonyl (C=O) groups excluding carboxylic acids is 1. The normalized spacial score (nSPS) is 12.3. The van der Waals surface area contributed by atoms with Gasteiger partial charge in [-0.1, -0.05) is 114 Å². The van der Waals surface area contributed by atoms with Crippen LogP contribution in [0, 0.1) is 0 Å². The molecule has 38 heavy (non-hydrogen) atoms. The van der Waals surface area contributed by atoms with E-state index in [9.17, 15) is 4.79 Å². The first-order valence-electron chi connectivity index (χ1n) is 15.2. The number of carbonyl (C=O) groups is 1. The van der Waals surface area contributed by atoms with Crippen molar-refractivity contribution in [3.05, 3.63) is 65.7 Å². The summed E-state index contributed by atoms with van der Waals surface area (Å²) in [5.74, 6) is 0.810. The van der Waals surface area contributed by atoms with E-state index in [0.717, 1.165) is 42.6 Å². The highest BCUT2D eigenvalue weighted by Gasteiger charge is 2.18. The maximum atomic E-state index is 12.4. The highest BCUT2D eigenvalue weighted by molar-refractivity contribution is 5.69. The van der Waals surface area contributed by atoms with Gasteiger partial charge in [-0.25, -0.2) is 0 Å². The van der Waals surface area contributed by atoms with Crippen LogP contribution in [-0.2, 0) is 22.5 Å². The molecule has 0 aliphatic carbocycles. The molecule has 0 saturated heterocycles. The second kappa shape index (κ2) is 18.8. The molecule has 0 bridgehead atoms. The zero-order valence-corrected chi connectivity index (χ0v) is 24.8. The molecule has 4 nitrogen and oxygen atoms in total. The molecule has 2 rings (SSSR count). The molecular weight excluding hydrogens is 470 g/mol. The lowest BCUT2D eigenvalue weighted by atomic mass is 10.0. The van der Waals surface area contributed by atoms with Crippen molar-refractivity contribution >= 4 is 5.97 Å². The monoisotopic (exact) mass is 524 g/mol. The number of aryl methyl sites for hydroxylation is 1. The Balaban J connectivity index is 1.67. The number of quaternary nitrogens is 1. The second-order valence-electron chi connectivity index (χ2n) is 11.4. The van der Waals surface area contributed by atoms with Crippen molar-refractivity contribution in [1.82, 2.24) is 0 Å². The van der Waals surface area contributed by atoms with Crippen LogP contribution >= 0.6 is 0 Å². The first-order valence-corrected chi connectivity index (χ1v) is 15.2. The van der Waals surface area contributed by atoms with Crippen molar-refractivity contribution in [3.8, 4) is 5.75 Å². The van der Waals surface area contributed by atoms with E-state index in [2.05, 4.69) is 70.4 Å². The summed E-state index contributed by atoms with van der Waals surface area (Å²) in [5, 5.41) is 0. The maximum Gasteiger partial charge on any atom is 0.306 e. The Morgan fingerprint density at radius 2 is 1.42 bits per heavy atom. The summed E-state index contributed by atoms with van der Waals surface area (Å²) < 4.78 is 12.8. The minimum atomic E-state index is -0.130. The van der Waals surface area contributed by atoms with Gasteiger partial charge in [0.25, 0.3) is 0 Å². The predicted molar refractivity (Wildman–Crippen MR) is 159 cm³/mol. The molecule has 4 heteroatoms. The first kappa shape index (κ1) is 31.9. The number of para-hydroxylation sites is 1. The Labute approximate surface area is 233 Å². The topological polar surface area (TPSA) is 35.5 Å². The van der Waals surface area contributed by atoms with Crippen LogP contribution in [0.5, 0.6) is 5.75 Å². The van der Waals surface area contributed by atoms with Crippen LogP contribution < -0.4 is 4.74 Å². The Kier molecular flexibility index (Phi) is 15.8. The van der Waals surface area contributed by atoms with E-state index in [1.54, 1.807) is 0 Å². The Bertz CT molecular complexity index is 880. The van der Waals surface area contributed by atoms with Gasteiger partial charge in [0.15, 0.2) is 0 Å². The summed E-state index contributed by atoms with van der Waals surface area (Å²) in [5.41, 5.74) is 2.58. The van der Waals surface area contributed by atoms with E-state index in [1.165, 1.54) is 68.9 Å². The summed E-state index contributed by atoms with van der Waals surface area (Å²) in [7, 11) is 4.43. The summed E-state index contributed by atoms with van der Waals surface area (Å²) in [6, 6.07) is 18.9. The number of hydrogen-bond donors (Lipinski definition) is 0. The smallest absolute Gasteiger partial charge is 0.306 e. The fourth-order valence-corrected chi connectivity index (χ4v) is 4.93. The van der Waals surface area contributed by atoms with E-state index in [0.29, 0.717) is 13.0 Å². The Morgan fingerprint density at radius 3 is 2.11 bits per heavy atom. The van der Waals surface area contributed by atoms with Gasteiger partial charge in [-0.3, -0.25) is 4.79 Å². The number of unbranched alkanes of at least 4 members (excludes halogenated alkanes) is 8. The Morgan fingerprint density at radius 1 is 0.789 bits per heavy atom. The molecule has 212 valence electrons. The largest absolute Gasteiger partial charge is 0.487 e. The third-order valence-corrected chi connectivity index (χ3v) is 7.30. The van der Waals surface area contributed by atoms with Crippen LogP contribution in [0.2, 0.25) is 0 Å². The van der Waals surface area contributed by atoms with Crippen molar-refractivity contribution in [2.24, 2.45) is 0 Å². The number of rotatable bonds is 21. The van der Waals surface area contributed by atoms with Crippen molar-refractivity contribution in [2.75, 3.05) is 27.2 Å². The van der Waals surface area contributed by atoms with E-state index in [-0.39, 0.29) is 12.1 Å². The lowest BCUT2D eigenvalue weighted by Gasteiger charge is -2.29. The molecule has 1 unspecified atom stereocenters. The van der Waals surface area contributed by atoms with Gasteiger partial charge in [0.1, 0.15) is 25.0 Å². The molecule has 0 fully saturated rings. The third-order valence-electron chi connectivity index (χ3n) is 7.30. The standard InChI is InChI=1S/C34H54NO3/c1-5-7-8-9-10-11-12-13-17-23-31-24-18-19-25-33(31)38-32(6-2)29-37-34(36)26-20-27-35(3,4)28-30-21-15-14-16-22-30/h14-16,18-19,21-22,24-25,32H,5-13,17,20,23,26-29H2,1-4H3/q+1. The molecule has 0 heterocycles. The molecule has 0 aliphatic heterocycles. The third kappa shape index (κ3) is 14.0. The summed E-state index contributed by atoms with van der Waals surface area (Å²) in [6.07, 6.45) is 15.0. The highest BCUT2D eigenvalue weighted by Crippen LogP contribution is 2.23. The van der Waals surface area contributed by atoms with Crippen LogP contribution in [0.15, 0.2) is 54.6 Å². The van der Waals surface area contributed by atoms with E-state index in [1.807, 2.05) is 12.1 Å². The lowest BCUT2D eigenvalue weighted by molar-refractivity contribution is -0.903. The minimum absolute atomic E-state index is 0.117. The lowest BCUT2D eigenvalue weighted by Crippen LogP contribution is -2.39. The van der Waals surface area contributed by atoms with Gasteiger partial charge in [0, 0.05) is 12.0 Å². The second-order valence-corrected chi connectivity index (χ2v) is 11.4. The van der Waals surface area contributed by atoms with E-state index in [4.69, 9.17) is 9.47 Å². The van der Waals surface area contributed by atoms with Gasteiger partial charge in [0.2, 0.25) is 0 Å². The minimum Gasteiger partial charge on any atom is -0.487 e. The summed E-state index contributed by atoms with van der Waals surface area (Å²) >= 11 is 0. The zero-order valence-electron chi connectivity index (χ0n) is 24.8. The van der Waals surface area contributed by atoms with Crippen LogP contribution in [0.25, 0.3) is 0 Å². The van der Waals surface area contributed by atoms with Gasteiger partial charge < -0.3 is 14.0 Å². The van der Waals surface area contributed by atoms with Crippen molar-refractivity contribution in [2.45, 2.75) is 110 Å². The van der Waals surface area contributed by atoms with Crippen LogP contribution in [0.4, 0.5) is 0 Å². The average molecular weight is 525 g/mol. The van der Waals surface area contributed by atoms with Gasteiger partial charge >= 0.3 is 5.97 Å². The molecule has 1 atom stereocenters.